The van der Waals surface area contributed by atoms with Gasteiger partial charge in [0.15, 0.2) is 5.76 Å². The lowest BCUT2D eigenvalue weighted by Crippen LogP contribution is -2.36. The number of rotatable bonds is 6. The quantitative estimate of drug-likeness (QED) is 0.809. The zero-order chi connectivity index (χ0) is 15.4. The minimum absolute atomic E-state index is 0.00702. The second-order valence-corrected chi connectivity index (χ2v) is 6.87. The van der Waals surface area contributed by atoms with E-state index in [0.29, 0.717) is 12.5 Å². The van der Waals surface area contributed by atoms with Crippen LogP contribution in [0.1, 0.15) is 33.4 Å². The fraction of sp³-hybridized carbons (Fsp3) is 0.500. The van der Waals surface area contributed by atoms with Crippen molar-refractivity contribution in [3.8, 4) is 10.6 Å². The van der Waals surface area contributed by atoms with Gasteiger partial charge in [-0.3, -0.25) is 4.79 Å². The lowest BCUT2D eigenvalue weighted by Gasteiger charge is -2.25. The number of nitrogens with zero attached hydrogens (tertiary/aromatic N) is 2. The summed E-state index contributed by atoms with van der Waals surface area (Å²) in [7, 11) is 0. The SMILES string of the molecule is CC(C)CN(Cc1cc(-c2cccs2)on1)C(=O)C(C)C. The molecule has 2 heterocycles. The van der Waals surface area contributed by atoms with Crippen molar-refractivity contribution in [1.82, 2.24) is 10.1 Å². The van der Waals surface area contributed by atoms with Crippen molar-refractivity contribution in [2.24, 2.45) is 11.8 Å². The number of hydrogen-bond acceptors (Lipinski definition) is 4. The Balaban J connectivity index is 2.11. The van der Waals surface area contributed by atoms with Gasteiger partial charge in [-0.25, -0.2) is 0 Å². The van der Waals surface area contributed by atoms with Gasteiger partial charge in [0, 0.05) is 18.5 Å². The van der Waals surface area contributed by atoms with Crippen LogP contribution in [0.15, 0.2) is 28.1 Å². The van der Waals surface area contributed by atoms with Crippen molar-refractivity contribution >= 4 is 17.2 Å². The van der Waals surface area contributed by atoms with E-state index in [1.54, 1.807) is 11.3 Å². The zero-order valence-corrected chi connectivity index (χ0v) is 13.8. The van der Waals surface area contributed by atoms with Crippen molar-refractivity contribution in [1.29, 1.82) is 0 Å². The Morgan fingerprint density at radius 3 is 2.71 bits per heavy atom. The van der Waals surface area contributed by atoms with E-state index in [2.05, 4.69) is 19.0 Å². The summed E-state index contributed by atoms with van der Waals surface area (Å²) in [5.41, 5.74) is 0.799. The van der Waals surface area contributed by atoms with Gasteiger partial charge in [0.2, 0.25) is 5.91 Å². The van der Waals surface area contributed by atoms with Crippen molar-refractivity contribution < 1.29 is 9.32 Å². The van der Waals surface area contributed by atoms with Gasteiger partial charge < -0.3 is 9.42 Å². The number of carbonyl (C=O) groups is 1. The Kier molecular flexibility index (Phi) is 5.17. The summed E-state index contributed by atoms with van der Waals surface area (Å²) in [5.74, 6) is 1.34. The van der Waals surface area contributed by atoms with E-state index < -0.39 is 0 Å². The van der Waals surface area contributed by atoms with E-state index in [0.717, 1.165) is 22.9 Å². The molecule has 2 aromatic heterocycles. The van der Waals surface area contributed by atoms with Gasteiger partial charge in [-0.15, -0.1) is 11.3 Å². The van der Waals surface area contributed by atoms with Crippen LogP contribution < -0.4 is 0 Å². The highest BCUT2D eigenvalue weighted by molar-refractivity contribution is 7.13. The Hall–Kier alpha value is -1.62. The third kappa shape index (κ3) is 4.17. The molecule has 0 aromatic carbocycles. The highest BCUT2D eigenvalue weighted by Crippen LogP contribution is 2.25. The minimum atomic E-state index is -0.00702. The van der Waals surface area contributed by atoms with Crippen LogP contribution in [-0.2, 0) is 11.3 Å². The highest BCUT2D eigenvalue weighted by atomic mass is 32.1. The molecular formula is C16H22N2O2S. The van der Waals surface area contributed by atoms with Gasteiger partial charge in [-0.2, -0.15) is 0 Å². The molecule has 114 valence electrons. The van der Waals surface area contributed by atoms with Gasteiger partial charge in [0.05, 0.1) is 11.4 Å². The van der Waals surface area contributed by atoms with Crippen molar-refractivity contribution in [2.75, 3.05) is 6.54 Å². The van der Waals surface area contributed by atoms with Crippen molar-refractivity contribution in [3.05, 3.63) is 29.3 Å². The van der Waals surface area contributed by atoms with E-state index in [-0.39, 0.29) is 11.8 Å². The molecule has 0 atom stereocenters. The summed E-state index contributed by atoms with van der Waals surface area (Å²) in [6, 6.07) is 5.91. The summed E-state index contributed by atoms with van der Waals surface area (Å²) in [6.07, 6.45) is 0. The van der Waals surface area contributed by atoms with Crippen LogP contribution in [0.5, 0.6) is 0 Å². The molecule has 0 saturated heterocycles. The first-order valence-corrected chi connectivity index (χ1v) is 8.13. The number of thiophene rings is 1. The third-order valence-electron chi connectivity index (χ3n) is 3.07. The predicted octanol–water partition coefficient (Wildman–Crippen LogP) is 4.04. The van der Waals surface area contributed by atoms with Crippen LogP contribution in [0.3, 0.4) is 0 Å². The summed E-state index contributed by atoms with van der Waals surface area (Å²) in [4.78, 5) is 15.2. The van der Waals surface area contributed by atoms with Crippen LogP contribution in [-0.4, -0.2) is 22.5 Å². The molecule has 0 saturated carbocycles. The van der Waals surface area contributed by atoms with Gasteiger partial charge in [-0.05, 0) is 17.4 Å². The Bertz CT molecular complexity index is 573. The molecule has 0 aliphatic heterocycles. The molecule has 0 N–H and O–H groups in total. The summed E-state index contributed by atoms with van der Waals surface area (Å²) < 4.78 is 5.38. The maximum Gasteiger partial charge on any atom is 0.225 e. The second-order valence-electron chi connectivity index (χ2n) is 5.93. The van der Waals surface area contributed by atoms with Crippen molar-refractivity contribution in [2.45, 2.75) is 34.2 Å². The lowest BCUT2D eigenvalue weighted by atomic mass is 10.1. The number of hydrogen-bond donors (Lipinski definition) is 0. The fourth-order valence-corrected chi connectivity index (χ4v) is 2.83. The topological polar surface area (TPSA) is 46.3 Å². The van der Waals surface area contributed by atoms with Gasteiger partial charge >= 0.3 is 0 Å². The number of aromatic nitrogens is 1. The molecule has 1 amide bonds. The zero-order valence-electron chi connectivity index (χ0n) is 13.0. The molecular weight excluding hydrogens is 284 g/mol. The van der Waals surface area contributed by atoms with Crippen LogP contribution in [0.2, 0.25) is 0 Å². The normalized spacial score (nSPS) is 11.3. The molecule has 0 unspecified atom stereocenters. The average molecular weight is 306 g/mol. The largest absolute Gasteiger partial charge is 0.355 e. The molecule has 2 rings (SSSR count). The van der Waals surface area contributed by atoms with E-state index in [4.69, 9.17) is 4.52 Å². The molecule has 2 aromatic rings. The highest BCUT2D eigenvalue weighted by Gasteiger charge is 2.20. The molecule has 5 heteroatoms. The molecule has 0 spiro atoms. The van der Waals surface area contributed by atoms with Gasteiger partial charge in [-0.1, -0.05) is 38.9 Å². The summed E-state index contributed by atoms with van der Waals surface area (Å²) in [6.45, 7) is 9.31. The van der Waals surface area contributed by atoms with Crippen LogP contribution in [0.4, 0.5) is 0 Å². The van der Waals surface area contributed by atoms with E-state index in [9.17, 15) is 4.79 Å². The maximum absolute atomic E-state index is 12.3. The van der Waals surface area contributed by atoms with E-state index >= 15 is 0 Å². The van der Waals surface area contributed by atoms with Crippen molar-refractivity contribution in [3.63, 3.8) is 0 Å². The van der Waals surface area contributed by atoms with Crippen LogP contribution >= 0.6 is 11.3 Å². The number of carbonyl (C=O) groups excluding carboxylic acids is 1. The Morgan fingerprint density at radius 2 is 2.14 bits per heavy atom. The average Bonchev–Trinajstić information content (AvgIpc) is 3.06. The standard InChI is InChI=1S/C16H22N2O2S/c1-11(2)9-18(16(19)12(3)4)10-13-8-14(20-17-13)15-6-5-7-21-15/h5-8,11-12H,9-10H2,1-4H3. The lowest BCUT2D eigenvalue weighted by molar-refractivity contribution is -0.135. The van der Waals surface area contributed by atoms with Gasteiger partial charge in [0.25, 0.3) is 0 Å². The van der Waals surface area contributed by atoms with Gasteiger partial charge in [0.1, 0.15) is 5.69 Å². The molecule has 0 bridgehead atoms. The smallest absolute Gasteiger partial charge is 0.225 e. The molecule has 4 nitrogen and oxygen atoms in total. The first kappa shape index (κ1) is 15.8. The first-order valence-electron chi connectivity index (χ1n) is 7.25. The Morgan fingerprint density at radius 1 is 1.38 bits per heavy atom. The number of amides is 1. The first-order chi connectivity index (χ1) is 9.97. The molecule has 0 fully saturated rings. The molecule has 21 heavy (non-hydrogen) atoms. The molecule has 0 aliphatic rings. The predicted molar refractivity (Wildman–Crippen MR) is 84.9 cm³/mol. The summed E-state index contributed by atoms with van der Waals surface area (Å²) in [5, 5.41) is 6.10. The second kappa shape index (κ2) is 6.89. The molecule has 0 aliphatic carbocycles. The minimum Gasteiger partial charge on any atom is -0.355 e. The van der Waals surface area contributed by atoms with Crippen LogP contribution in [0.25, 0.3) is 10.6 Å². The van der Waals surface area contributed by atoms with Crippen LogP contribution in [0, 0.1) is 11.8 Å². The molecule has 0 radical (unpaired) electrons. The fourth-order valence-electron chi connectivity index (χ4n) is 2.16. The Labute approximate surface area is 129 Å². The third-order valence-corrected chi connectivity index (χ3v) is 3.95. The van der Waals surface area contributed by atoms with E-state index in [1.165, 1.54) is 0 Å². The monoisotopic (exact) mass is 306 g/mol. The summed E-state index contributed by atoms with van der Waals surface area (Å²) >= 11 is 1.62. The maximum atomic E-state index is 12.3. The van der Waals surface area contributed by atoms with E-state index in [1.807, 2.05) is 42.3 Å².